The van der Waals surface area contributed by atoms with Gasteiger partial charge in [0.1, 0.15) is 6.04 Å². The molecule has 0 aromatic heterocycles. The van der Waals surface area contributed by atoms with Crippen molar-refractivity contribution in [2.45, 2.75) is 38.8 Å². The highest BCUT2D eigenvalue weighted by atomic mass is 16.2. The Hall–Kier alpha value is -2.62. The van der Waals surface area contributed by atoms with E-state index in [1.165, 1.54) is 5.56 Å². The van der Waals surface area contributed by atoms with Crippen LogP contribution in [-0.4, -0.2) is 23.3 Å². The number of benzene rings is 2. The van der Waals surface area contributed by atoms with Gasteiger partial charge < -0.3 is 10.2 Å². The molecule has 0 bridgehead atoms. The molecule has 1 unspecified atom stereocenters. The molecule has 1 heterocycles. The van der Waals surface area contributed by atoms with Gasteiger partial charge in [0.05, 0.1) is 6.42 Å². The van der Waals surface area contributed by atoms with Gasteiger partial charge in [-0.2, -0.15) is 0 Å². The molecule has 1 fully saturated rings. The molecule has 2 aliphatic rings. The van der Waals surface area contributed by atoms with Crippen molar-refractivity contribution in [1.82, 2.24) is 10.2 Å². The van der Waals surface area contributed by atoms with Crippen molar-refractivity contribution in [3.8, 4) is 0 Å². The molecule has 1 N–H and O–H groups in total. The molecular weight excluding hydrogens is 324 g/mol. The summed E-state index contributed by atoms with van der Waals surface area (Å²) in [5.41, 5.74) is 4.20. The van der Waals surface area contributed by atoms with Gasteiger partial charge >= 0.3 is 0 Å². The summed E-state index contributed by atoms with van der Waals surface area (Å²) in [5.74, 6) is 0.523. The van der Waals surface area contributed by atoms with Gasteiger partial charge in [0.15, 0.2) is 0 Å². The lowest BCUT2D eigenvalue weighted by atomic mass is 9.91. The van der Waals surface area contributed by atoms with Gasteiger partial charge in [-0.25, -0.2) is 0 Å². The van der Waals surface area contributed by atoms with Crippen molar-refractivity contribution in [2.75, 3.05) is 6.54 Å². The van der Waals surface area contributed by atoms with E-state index in [2.05, 4.69) is 5.32 Å². The molecule has 1 atom stereocenters. The molecule has 1 saturated carbocycles. The second-order valence-corrected chi connectivity index (χ2v) is 7.47. The molecule has 4 heteroatoms. The second-order valence-electron chi connectivity index (χ2n) is 7.47. The lowest BCUT2D eigenvalue weighted by Crippen LogP contribution is -2.48. The highest BCUT2D eigenvalue weighted by molar-refractivity contribution is 5.92. The molecule has 4 rings (SSSR count). The van der Waals surface area contributed by atoms with E-state index >= 15 is 0 Å². The molecule has 0 saturated heterocycles. The Balaban J connectivity index is 1.56. The van der Waals surface area contributed by atoms with Crippen molar-refractivity contribution in [3.05, 3.63) is 70.8 Å². The van der Waals surface area contributed by atoms with E-state index in [1.807, 2.05) is 55.5 Å². The van der Waals surface area contributed by atoms with E-state index < -0.39 is 6.04 Å². The van der Waals surface area contributed by atoms with Crippen LogP contribution in [-0.2, 0) is 22.6 Å². The van der Waals surface area contributed by atoms with Crippen molar-refractivity contribution in [3.63, 3.8) is 0 Å². The lowest BCUT2D eigenvalue weighted by Gasteiger charge is -2.36. The Labute approximate surface area is 154 Å². The molecule has 1 aliphatic carbocycles. The second kappa shape index (κ2) is 6.94. The van der Waals surface area contributed by atoms with Gasteiger partial charge in [-0.1, -0.05) is 54.1 Å². The summed E-state index contributed by atoms with van der Waals surface area (Å²) in [5, 5.41) is 3.04. The van der Waals surface area contributed by atoms with E-state index in [4.69, 9.17) is 0 Å². The number of rotatable bonds is 5. The summed E-state index contributed by atoms with van der Waals surface area (Å²) in [4.78, 5) is 27.5. The monoisotopic (exact) mass is 348 g/mol. The quantitative estimate of drug-likeness (QED) is 0.902. The normalized spacial score (nSPS) is 19.2. The minimum absolute atomic E-state index is 0.0612. The van der Waals surface area contributed by atoms with Gasteiger partial charge in [0.2, 0.25) is 11.8 Å². The third kappa shape index (κ3) is 3.50. The number of hydrogen-bond acceptors (Lipinski definition) is 2. The SMILES string of the molecule is Cc1ccc(CNC(=O)C2c3ccccc3CC(=O)N2CC2CC2)cc1. The van der Waals surface area contributed by atoms with Gasteiger partial charge in [-0.05, 0) is 42.4 Å². The first-order chi connectivity index (χ1) is 12.6. The van der Waals surface area contributed by atoms with Gasteiger partial charge in [0.25, 0.3) is 0 Å². The van der Waals surface area contributed by atoms with Crippen molar-refractivity contribution < 1.29 is 9.59 Å². The Kier molecular flexibility index (Phi) is 4.49. The predicted molar refractivity (Wildman–Crippen MR) is 100 cm³/mol. The third-order valence-corrected chi connectivity index (χ3v) is 5.31. The lowest BCUT2D eigenvalue weighted by molar-refractivity contribution is -0.142. The van der Waals surface area contributed by atoms with Crippen molar-refractivity contribution in [2.24, 2.45) is 5.92 Å². The maximum Gasteiger partial charge on any atom is 0.247 e. The van der Waals surface area contributed by atoms with Crippen LogP contribution in [0.4, 0.5) is 0 Å². The molecule has 134 valence electrons. The smallest absolute Gasteiger partial charge is 0.247 e. The molecule has 2 aromatic rings. The minimum atomic E-state index is -0.515. The fraction of sp³-hybridized carbons (Fsp3) is 0.364. The maximum atomic E-state index is 13.1. The Morgan fingerprint density at radius 3 is 2.58 bits per heavy atom. The molecule has 4 nitrogen and oxygen atoms in total. The number of fused-ring (bicyclic) bond motifs is 1. The first kappa shape index (κ1) is 16.8. The zero-order valence-corrected chi connectivity index (χ0v) is 15.1. The van der Waals surface area contributed by atoms with Gasteiger partial charge in [-0.3, -0.25) is 9.59 Å². The molecule has 0 radical (unpaired) electrons. The van der Waals surface area contributed by atoms with Gasteiger partial charge in [-0.15, -0.1) is 0 Å². The van der Waals surface area contributed by atoms with Crippen LogP contribution in [0.5, 0.6) is 0 Å². The number of nitrogens with zero attached hydrogens (tertiary/aromatic N) is 1. The summed E-state index contributed by atoms with van der Waals surface area (Å²) >= 11 is 0. The van der Waals surface area contributed by atoms with E-state index in [0.29, 0.717) is 25.4 Å². The number of carbonyl (C=O) groups is 2. The first-order valence-electron chi connectivity index (χ1n) is 9.32. The van der Waals surface area contributed by atoms with E-state index in [9.17, 15) is 9.59 Å². The van der Waals surface area contributed by atoms with Gasteiger partial charge in [0, 0.05) is 13.1 Å². The predicted octanol–water partition coefficient (Wildman–Crippen LogP) is 3.15. The zero-order chi connectivity index (χ0) is 18.1. The van der Waals surface area contributed by atoms with E-state index in [-0.39, 0.29) is 11.8 Å². The average molecular weight is 348 g/mol. The number of aryl methyl sites for hydroxylation is 1. The molecule has 2 amide bonds. The first-order valence-corrected chi connectivity index (χ1v) is 9.32. The summed E-state index contributed by atoms with van der Waals surface area (Å²) in [6, 6.07) is 15.4. The van der Waals surface area contributed by atoms with Crippen molar-refractivity contribution in [1.29, 1.82) is 0 Å². The highest BCUT2D eigenvalue weighted by Crippen LogP contribution is 2.36. The average Bonchev–Trinajstić information content (AvgIpc) is 3.46. The number of hydrogen-bond donors (Lipinski definition) is 1. The van der Waals surface area contributed by atoms with Crippen LogP contribution in [0.3, 0.4) is 0 Å². The molecule has 2 aromatic carbocycles. The van der Waals surface area contributed by atoms with Crippen LogP contribution < -0.4 is 5.32 Å². The van der Waals surface area contributed by atoms with E-state index in [1.54, 1.807) is 4.90 Å². The van der Waals surface area contributed by atoms with Crippen LogP contribution in [0.1, 0.15) is 41.1 Å². The summed E-state index contributed by atoms with van der Waals surface area (Å²) in [6.45, 7) is 3.21. The zero-order valence-electron chi connectivity index (χ0n) is 15.1. The number of carbonyl (C=O) groups excluding carboxylic acids is 2. The largest absolute Gasteiger partial charge is 0.350 e. The van der Waals surface area contributed by atoms with Crippen LogP contribution in [0, 0.1) is 12.8 Å². The fourth-order valence-corrected chi connectivity index (χ4v) is 3.60. The minimum Gasteiger partial charge on any atom is -0.350 e. The Morgan fingerprint density at radius 1 is 1.12 bits per heavy atom. The topological polar surface area (TPSA) is 49.4 Å². The summed E-state index contributed by atoms with van der Waals surface area (Å²) in [6.07, 6.45) is 2.71. The number of nitrogens with one attached hydrogen (secondary N) is 1. The summed E-state index contributed by atoms with van der Waals surface area (Å²) < 4.78 is 0. The number of amides is 2. The van der Waals surface area contributed by atoms with Crippen LogP contribution in [0.2, 0.25) is 0 Å². The van der Waals surface area contributed by atoms with Crippen LogP contribution in [0.15, 0.2) is 48.5 Å². The maximum absolute atomic E-state index is 13.1. The Bertz CT molecular complexity index is 824. The third-order valence-electron chi connectivity index (χ3n) is 5.31. The molecule has 26 heavy (non-hydrogen) atoms. The standard InChI is InChI=1S/C22H24N2O2/c1-15-6-8-16(9-7-15)13-23-22(26)21-19-5-3-2-4-18(19)12-20(25)24(21)14-17-10-11-17/h2-9,17,21H,10-14H2,1H3,(H,23,26). The Morgan fingerprint density at radius 2 is 1.85 bits per heavy atom. The van der Waals surface area contributed by atoms with Crippen LogP contribution >= 0.6 is 0 Å². The van der Waals surface area contributed by atoms with Crippen molar-refractivity contribution >= 4 is 11.8 Å². The fourth-order valence-electron chi connectivity index (χ4n) is 3.60. The highest BCUT2D eigenvalue weighted by Gasteiger charge is 2.39. The summed E-state index contributed by atoms with van der Waals surface area (Å²) in [7, 11) is 0. The molecular formula is C22H24N2O2. The molecule has 0 spiro atoms. The van der Waals surface area contributed by atoms with E-state index in [0.717, 1.165) is 29.5 Å². The molecule has 1 aliphatic heterocycles. The van der Waals surface area contributed by atoms with Crippen LogP contribution in [0.25, 0.3) is 0 Å².